The molecule has 1 aromatic heterocycles. The van der Waals surface area contributed by atoms with Gasteiger partial charge in [-0.05, 0) is 37.1 Å². The fraction of sp³-hybridized carbons (Fsp3) is 0.550. The van der Waals surface area contributed by atoms with E-state index in [1.165, 1.54) is 31.0 Å². The van der Waals surface area contributed by atoms with Crippen molar-refractivity contribution in [1.82, 2.24) is 20.1 Å². The van der Waals surface area contributed by atoms with E-state index in [0.717, 1.165) is 35.1 Å². The molecule has 1 amide bonds. The Balaban J connectivity index is 1.67. The average Bonchev–Trinajstić information content (AvgIpc) is 3.14. The fourth-order valence-electron chi connectivity index (χ4n) is 3.38. The summed E-state index contributed by atoms with van der Waals surface area (Å²) < 4.78 is 12.5. The van der Waals surface area contributed by atoms with Gasteiger partial charge in [-0.1, -0.05) is 31.0 Å². The van der Waals surface area contributed by atoms with Crippen LogP contribution in [0.5, 0.6) is 5.75 Å². The highest BCUT2D eigenvalue weighted by Crippen LogP contribution is 2.26. The molecule has 1 aliphatic carbocycles. The summed E-state index contributed by atoms with van der Waals surface area (Å²) in [6, 6.07) is 8.03. The van der Waals surface area contributed by atoms with Gasteiger partial charge in [-0.15, -0.1) is 10.2 Å². The van der Waals surface area contributed by atoms with Crippen molar-refractivity contribution in [2.24, 2.45) is 0 Å². The SMILES string of the molecule is COCCn1c(SCC(=O)NC2CCCCC2)nnc1-c1ccc(OC)cc1. The third kappa shape index (κ3) is 5.48. The number of aromatic nitrogens is 3. The van der Waals surface area contributed by atoms with Gasteiger partial charge in [0.05, 0.1) is 26.0 Å². The van der Waals surface area contributed by atoms with Gasteiger partial charge in [-0.2, -0.15) is 0 Å². The lowest BCUT2D eigenvalue weighted by atomic mass is 9.95. The molecule has 0 spiro atoms. The van der Waals surface area contributed by atoms with Gasteiger partial charge < -0.3 is 14.8 Å². The van der Waals surface area contributed by atoms with Gasteiger partial charge in [-0.25, -0.2) is 0 Å². The summed E-state index contributed by atoms with van der Waals surface area (Å²) in [5.74, 6) is 1.95. The lowest BCUT2D eigenvalue weighted by Crippen LogP contribution is -2.37. The minimum atomic E-state index is 0.0594. The van der Waals surface area contributed by atoms with E-state index < -0.39 is 0 Å². The maximum Gasteiger partial charge on any atom is 0.230 e. The Bertz CT molecular complexity index is 757. The molecule has 0 atom stereocenters. The molecule has 7 nitrogen and oxygen atoms in total. The molecule has 1 aliphatic rings. The average molecular weight is 405 g/mol. The predicted octanol–water partition coefficient (Wildman–Crippen LogP) is 3.14. The minimum Gasteiger partial charge on any atom is -0.497 e. The number of carbonyl (C=O) groups is 1. The van der Waals surface area contributed by atoms with Gasteiger partial charge in [0.2, 0.25) is 5.91 Å². The molecule has 3 rings (SSSR count). The Hall–Kier alpha value is -2.06. The fourth-order valence-corrected chi connectivity index (χ4v) is 4.16. The van der Waals surface area contributed by atoms with Crippen LogP contribution >= 0.6 is 11.8 Å². The number of carbonyl (C=O) groups excluding carboxylic acids is 1. The van der Waals surface area contributed by atoms with Crippen molar-refractivity contribution in [2.45, 2.75) is 49.8 Å². The zero-order valence-electron chi connectivity index (χ0n) is 16.5. The molecule has 0 radical (unpaired) electrons. The Morgan fingerprint density at radius 3 is 2.61 bits per heavy atom. The summed E-state index contributed by atoms with van der Waals surface area (Å²) in [5, 5.41) is 12.5. The first-order valence-electron chi connectivity index (χ1n) is 9.70. The highest BCUT2D eigenvalue weighted by atomic mass is 32.2. The Kier molecular flexibility index (Phi) is 7.73. The number of ether oxygens (including phenoxy) is 2. The lowest BCUT2D eigenvalue weighted by molar-refractivity contribution is -0.119. The number of nitrogens with one attached hydrogen (secondary N) is 1. The van der Waals surface area contributed by atoms with E-state index in [4.69, 9.17) is 9.47 Å². The molecule has 1 aromatic carbocycles. The number of benzene rings is 1. The molecule has 2 aromatic rings. The van der Waals surface area contributed by atoms with Crippen molar-refractivity contribution in [2.75, 3.05) is 26.6 Å². The monoisotopic (exact) mass is 404 g/mol. The van der Waals surface area contributed by atoms with E-state index in [0.29, 0.717) is 24.9 Å². The molecule has 1 heterocycles. The molecule has 0 bridgehead atoms. The zero-order chi connectivity index (χ0) is 19.8. The quantitative estimate of drug-likeness (QED) is 0.647. The van der Waals surface area contributed by atoms with Gasteiger partial charge in [-0.3, -0.25) is 9.36 Å². The molecule has 28 heavy (non-hydrogen) atoms. The van der Waals surface area contributed by atoms with Crippen LogP contribution in [0.25, 0.3) is 11.4 Å². The summed E-state index contributed by atoms with van der Waals surface area (Å²) in [6.07, 6.45) is 5.85. The van der Waals surface area contributed by atoms with Crippen molar-refractivity contribution >= 4 is 17.7 Å². The molecule has 1 fully saturated rings. The summed E-state index contributed by atoms with van der Waals surface area (Å²) in [5.41, 5.74) is 0.947. The van der Waals surface area contributed by atoms with Crippen LogP contribution in [-0.2, 0) is 16.1 Å². The van der Waals surface area contributed by atoms with E-state index in [1.54, 1.807) is 14.2 Å². The highest BCUT2D eigenvalue weighted by molar-refractivity contribution is 7.99. The van der Waals surface area contributed by atoms with E-state index >= 15 is 0 Å². The second kappa shape index (κ2) is 10.5. The van der Waals surface area contributed by atoms with E-state index in [-0.39, 0.29) is 5.91 Å². The Morgan fingerprint density at radius 1 is 1.18 bits per heavy atom. The number of thioether (sulfide) groups is 1. The van der Waals surface area contributed by atoms with Gasteiger partial charge in [0.25, 0.3) is 0 Å². The van der Waals surface area contributed by atoms with Crippen LogP contribution in [0.3, 0.4) is 0 Å². The molecule has 1 N–H and O–H groups in total. The maximum absolute atomic E-state index is 12.3. The molecule has 152 valence electrons. The Labute approximate surface area is 170 Å². The molecule has 8 heteroatoms. The smallest absolute Gasteiger partial charge is 0.230 e. The molecular weight excluding hydrogens is 376 g/mol. The van der Waals surface area contributed by atoms with Crippen LogP contribution in [0, 0.1) is 0 Å². The van der Waals surface area contributed by atoms with Crippen molar-refractivity contribution in [3.05, 3.63) is 24.3 Å². The Morgan fingerprint density at radius 2 is 1.93 bits per heavy atom. The summed E-state index contributed by atoms with van der Waals surface area (Å²) >= 11 is 1.41. The third-order valence-corrected chi connectivity index (χ3v) is 5.85. The lowest BCUT2D eigenvalue weighted by Gasteiger charge is -2.22. The van der Waals surface area contributed by atoms with E-state index in [1.807, 2.05) is 28.8 Å². The summed E-state index contributed by atoms with van der Waals surface area (Å²) in [4.78, 5) is 12.3. The van der Waals surface area contributed by atoms with Crippen molar-refractivity contribution < 1.29 is 14.3 Å². The molecule has 0 saturated heterocycles. The second-order valence-corrected chi connectivity index (χ2v) is 7.81. The van der Waals surface area contributed by atoms with Gasteiger partial charge in [0, 0.05) is 18.7 Å². The molecule has 0 aliphatic heterocycles. The number of amides is 1. The van der Waals surface area contributed by atoms with Crippen molar-refractivity contribution in [3.63, 3.8) is 0 Å². The first-order chi connectivity index (χ1) is 13.7. The largest absolute Gasteiger partial charge is 0.497 e. The van der Waals surface area contributed by atoms with Crippen LogP contribution < -0.4 is 10.1 Å². The zero-order valence-corrected chi connectivity index (χ0v) is 17.3. The topological polar surface area (TPSA) is 78.3 Å². The van der Waals surface area contributed by atoms with Gasteiger partial charge >= 0.3 is 0 Å². The first kappa shape index (κ1) is 20.7. The third-order valence-electron chi connectivity index (χ3n) is 4.89. The molecular formula is C20H28N4O3S. The van der Waals surface area contributed by atoms with Crippen molar-refractivity contribution in [1.29, 1.82) is 0 Å². The number of rotatable bonds is 9. The normalized spacial score (nSPS) is 14.8. The van der Waals surface area contributed by atoms with E-state index in [9.17, 15) is 4.79 Å². The second-order valence-electron chi connectivity index (χ2n) is 6.87. The van der Waals surface area contributed by atoms with Crippen LogP contribution in [-0.4, -0.2) is 53.3 Å². The number of hydrogen-bond acceptors (Lipinski definition) is 6. The first-order valence-corrected chi connectivity index (χ1v) is 10.7. The van der Waals surface area contributed by atoms with E-state index in [2.05, 4.69) is 15.5 Å². The maximum atomic E-state index is 12.3. The van der Waals surface area contributed by atoms with Crippen LogP contribution in [0.15, 0.2) is 29.4 Å². The van der Waals surface area contributed by atoms with Crippen molar-refractivity contribution in [3.8, 4) is 17.1 Å². The van der Waals surface area contributed by atoms with Crippen LogP contribution in [0.1, 0.15) is 32.1 Å². The molecule has 0 unspecified atom stereocenters. The van der Waals surface area contributed by atoms with Crippen LogP contribution in [0.2, 0.25) is 0 Å². The summed E-state index contributed by atoms with van der Waals surface area (Å²) in [7, 11) is 3.31. The standard InChI is InChI=1S/C20H28N4O3S/c1-26-13-12-24-19(15-8-10-17(27-2)11-9-15)22-23-20(24)28-14-18(25)21-16-6-4-3-5-7-16/h8-11,16H,3-7,12-14H2,1-2H3,(H,21,25). The summed E-state index contributed by atoms with van der Waals surface area (Å²) in [6.45, 7) is 1.17. The van der Waals surface area contributed by atoms with Crippen LogP contribution in [0.4, 0.5) is 0 Å². The van der Waals surface area contributed by atoms with Gasteiger partial charge in [0.15, 0.2) is 11.0 Å². The van der Waals surface area contributed by atoms with Gasteiger partial charge in [0.1, 0.15) is 5.75 Å². The predicted molar refractivity (Wildman–Crippen MR) is 110 cm³/mol. The minimum absolute atomic E-state index is 0.0594. The molecule has 1 saturated carbocycles. The number of hydrogen-bond donors (Lipinski definition) is 1. The number of methoxy groups -OCH3 is 2. The highest BCUT2D eigenvalue weighted by Gasteiger charge is 2.18. The number of nitrogens with zero attached hydrogens (tertiary/aromatic N) is 3.